The Morgan fingerprint density at radius 2 is 2.26 bits per heavy atom. The highest BCUT2D eigenvalue weighted by Crippen LogP contribution is 2.23. The van der Waals surface area contributed by atoms with Gasteiger partial charge in [-0.1, -0.05) is 0 Å². The smallest absolute Gasteiger partial charge is 0.292 e. The molecule has 1 aliphatic rings. The van der Waals surface area contributed by atoms with Gasteiger partial charge in [0, 0.05) is 39.9 Å². The molecular formula is C15H25N3O5. The summed E-state index contributed by atoms with van der Waals surface area (Å²) in [7, 11) is 3.68. The number of likely N-dealkylation sites (tertiary alicyclic amines) is 1. The number of hydrogen-bond acceptors (Lipinski definition) is 6. The predicted molar refractivity (Wildman–Crippen MR) is 83.3 cm³/mol. The number of nitrogens with zero attached hydrogens (tertiary/aromatic N) is 2. The van der Waals surface area contributed by atoms with Crippen LogP contribution in [0, 0.1) is 11.8 Å². The first-order valence-corrected chi connectivity index (χ1v) is 7.79. The highest BCUT2D eigenvalue weighted by atomic mass is 16.5. The molecule has 2 heterocycles. The van der Waals surface area contributed by atoms with Crippen molar-refractivity contribution in [3.63, 3.8) is 0 Å². The quantitative estimate of drug-likeness (QED) is 0.708. The summed E-state index contributed by atoms with van der Waals surface area (Å²) in [6.07, 6.45) is 0.870. The van der Waals surface area contributed by atoms with Crippen molar-refractivity contribution in [2.45, 2.75) is 6.42 Å². The van der Waals surface area contributed by atoms with Crippen LogP contribution in [0.3, 0.4) is 0 Å². The Morgan fingerprint density at radius 3 is 2.87 bits per heavy atom. The second-order valence-electron chi connectivity index (χ2n) is 6.19. The molecule has 2 N–H and O–H groups in total. The van der Waals surface area contributed by atoms with E-state index in [1.165, 1.54) is 0 Å². The monoisotopic (exact) mass is 327 g/mol. The second-order valence-corrected chi connectivity index (χ2v) is 6.19. The van der Waals surface area contributed by atoms with Crippen molar-refractivity contribution in [1.82, 2.24) is 15.0 Å². The largest absolute Gasteiger partial charge is 0.396 e. The minimum absolute atomic E-state index is 0.0140. The first-order chi connectivity index (χ1) is 11.0. The average molecular weight is 327 g/mol. The number of aromatic amines is 1. The van der Waals surface area contributed by atoms with E-state index < -0.39 is 5.56 Å². The minimum atomic E-state index is -0.431. The number of H-pyrrole nitrogens is 1. The molecule has 1 amide bonds. The zero-order chi connectivity index (χ0) is 16.8. The third-order valence-corrected chi connectivity index (χ3v) is 4.15. The normalized spacial score (nSPS) is 21.8. The summed E-state index contributed by atoms with van der Waals surface area (Å²) in [6, 6.07) is 1.16. The summed E-state index contributed by atoms with van der Waals surface area (Å²) >= 11 is 0. The molecule has 1 fully saturated rings. The number of piperidine rings is 1. The fourth-order valence-corrected chi connectivity index (χ4v) is 3.07. The number of likely N-dealkylation sites (N-methyl/N-ethyl adjacent to an activating group) is 1. The van der Waals surface area contributed by atoms with Gasteiger partial charge < -0.3 is 24.2 Å². The van der Waals surface area contributed by atoms with Gasteiger partial charge in [0.15, 0.2) is 0 Å². The van der Waals surface area contributed by atoms with Crippen molar-refractivity contribution in [2.75, 3.05) is 53.6 Å². The Hall–Kier alpha value is -1.64. The maximum Gasteiger partial charge on any atom is 0.292 e. The van der Waals surface area contributed by atoms with Crippen LogP contribution in [0.2, 0.25) is 0 Å². The molecular weight excluding hydrogens is 302 g/mol. The Kier molecular flexibility index (Phi) is 6.37. The van der Waals surface area contributed by atoms with Crippen LogP contribution in [0.25, 0.3) is 0 Å². The lowest BCUT2D eigenvalue weighted by molar-refractivity contribution is 0.0418. The molecule has 2 atom stereocenters. The first-order valence-electron chi connectivity index (χ1n) is 7.79. The minimum Gasteiger partial charge on any atom is -0.396 e. The maximum atomic E-state index is 12.4. The number of hydrogen-bond donors (Lipinski definition) is 2. The number of carbonyl (C=O) groups excluding carboxylic acids is 1. The zero-order valence-electron chi connectivity index (χ0n) is 13.7. The van der Waals surface area contributed by atoms with Crippen LogP contribution in [0.5, 0.6) is 0 Å². The predicted octanol–water partition coefficient (Wildman–Crippen LogP) is -0.383. The summed E-state index contributed by atoms with van der Waals surface area (Å²) < 4.78 is 9.97. The fourth-order valence-electron chi connectivity index (χ4n) is 3.07. The van der Waals surface area contributed by atoms with Gasteiger partial charge in [0.1, 0.15) is 0 Å². The Bertz CT molecular complexity index is 555. The van der Waals surface area contributed by atoms with Gasteiger partial charge in [-0.2, -0.15) is 5.16 Å². The lowest BCUT2D eigenvalue weighted by Crippen LogP contribution is -2.47. The number of nitrogens with one attached hydrogen (secondary N) is 1. The van der Waals surface area contributed by atoms with Crippen molar-refractivity contribution in [1.29, 1.82) is 0 Å². The molecule has 0 bridgehead atoms. The van der Waals surface area contributed by atoms with Crippen LogP contribution < -0.4 is 5.56 Å². The molecule has 130 valence electrons. The van der Waals surface area contributed by atoms with E-state index in [4.69, 9.17) is 9.26 Å². The lowest BCUT2D eigenvalue weighted by atomic mass is 9.89. The number of amides is 1. The average Bonchev–Trinajstić information content (AvgIpc) is 2.98. The molecule has 0 spiro atoms. The van der Waals surface area contributed by atoms with Crippen LogP contribution >= 0.6 is 0 Å². The lowest BCUT2D eigenvalue weighted by Gasteiger charge is -2.38. The summed E-state index contributed by atoms with van der Waals surface area (Å²) in [4.78, 5) is 27.4. The fraction of sp³-hybridized carbons (Fsp3) is 0.733. The first kappa shape index (κ1) is 17.7. The molecule has 1 saturated heterocycles. The maximum absolute atomic E-state index is 12.4. The number of rotatable bonds is 7. The van der Waals surface area contributed by atoms with Gasteiger partial charge in [-0.25, -0.2) is 0 Å². The van der Waals surface area contributed by atoms with E-state index in [0.717, 1.165) is 25.6 Å². The number of carbonyl (C=O) groups is 1. The molecule has 0 unspecified atom stereocenters. The summed E-state index contributed by atoms with van der Waals surface area (Å²) in [6.45, 7) is 3.39. The highest BCUT2D eigenvalue weighted by Gasteiger charge is 2.32. The van der Waals surface area contributed by atoms with Gasteiger partial charge in [0.2, 0.25) is 5.76 Å². The molecule has 0 aliphatic carbocycles. The van der Waals surface area contributed by atoms with Gasteiger partial charge in [-0.15, -0.1) is 0 Å². The third kappa shape index (κ3) is 4.92. The molecule has 8 heteroatoms. The van der Waals surface area contributed by atoms with Gasteiger partial charge in [0.25, 0.3) is 11.5 Å². The van der Waals surface area contributed by atoms with Crippen LogP contribution in [0.1, 0.15) is 17.0 Å². The molecule has 8 nitrogen and oxygen atoms in total. The second kappa shape index (κ2) is 8.28. The number of aromatic nitrogens is 1. The van der Waals surface area contributed by atoms with Gasteiger partial charge in [-0.05, 0) is 25.3 Å². The van der Waals surface area contributed by atoms with E-state index in [0.29, 0.717) is 19.7 Å². The molecule has 0 radical (unpaired) electrons. The van der Waals surface area contributed by atoms with Crippen molar-refractivity contribution >= 4 is 5.91 Å². The number of aliphatic hydroxyl groups is 1. The number of aliphatic hydroxyl groups excluding tert-OH is 1. The van der Waals surface area contributed by atoms with Crippen molar-refractivity contribution in [3.05, 3.63) is 22.2 Å². The molecule has 1 aromatic heterocycles. The van der Waals surface area contributed by atoms with E-state index in [9.17, 15) is 14.7 Å². The topological polar surface area (TPSA) is 99.0 Å². The van der Waals surface area contributed by atoms with E-state index in [-0.39, 0.29) is 30.1 Å². The van der Waals surface area contributed by atoms with E-state index in [2.05, 4.69) is 10.1 Å². The number of ether oxygens (including phenoxy) is 1. The van der Waals surface area contributed by atoms with Crippen LogP contribution in [-0.4, -0.2) is 79.5 Å². The summed E-state index contributed by atoms with van der Waals surface area (Å²) in [5, 5.41) is 11.6. The SMILES string of the molecule is COCCN(C)C[C@H]1C[C@H](CO)CN(C(=O)c2cc(=O)[nH]o2)C1. The molecule has 0 saturated carbocycles. The van der Waals surface area contributed by atoms with E-state index in [1.807, 2.05) is 7.05 Å². The van der Waals surface area contributed by atoms with Crippen LogP contribution in [0.4, 0.5) is 0 Å². The van der Waals surface area contributed by atoms with E-state index in [1.54, 1.807) is 12.0 Å². The van der Waals surface area contributed by atoms with Gasteiger partial charge >= 0.3 is 0 Å². The van der Waals surface area contributed by atoms with Crippen LogP contribution in [-0.2, 0) is 4.74 Å². The Balaban J connectivity index is 1.99. The van der Waals surface area contributed by atoms with E-state index >= 15 is 0 Å². The summed E-state index contributed by atoms with van der Waals surface area (Å²) in [5.74, 6) is 0.00248. The molecule has 1 aromatic rings. The molecule has 23 heavy (non-hydrogen) atoms. The van der Waals surface area contributed by atoms with Crippen LogP contribution in [0.15, 0.2) is 15.4 Å². The highest BCUT2D eigenvalue weighted by molar-refractivity contribution is 5.91. The van der Waals surface area contributed by atoms with Crippen molar-refractivity contribution < 1.29 is 19.2 Å². The molecule has 2 rings (SSSR count). The zero-order valence-corrected chi connectivity index (χ0v) is 13.7. The van der Waals surface area contributed by atoms with Gasteiger partial charge in [0.05, 0.1) is 12.7 Å². The number of methoxy groups -OCH3 is 1. The van der Waals surface area contributed by atoms with Crippen molar-refractivity contribution in [3.8, 4) is 0 Å². The Morgan fingerprint density at radius 1 is 1.52 bits per heavy atom. The van der Waals surface area contributed by atoms with Crippen molar-refractivity contribution in [2.24, 2.45) is 11.8 Å². The molecule has 1 aliphatic heterocycles. The third-order valence-electron chi connectivity index (χ3n) is 4.15. The van der Waals surface area contributed by atoms with Gasteiger partial charge in [-0.3, -0.25) is 9.59 Å². The standard InChI is InChI=1S/C15H25N3O5/c1-17(3-4-22-2)7-11-5-12(10-19)9-18(8-11)15(21)13-6-14(20)16-23-13/h6,11-12,19H,3-5,7-10H2,1-2H3,(H,16,20)/t11-,12+/m1/s1. The summed E-state index contributed by atoms with van der Waals surface area (Å²) in [5.41, 5.74) is -0.431. The molecule has 0 aromatic carbocycles. The Labute approximate surface area is 135 Å².